The molecule has 0 unspecified atom stereocenters. The first-order valence-corrected chi connectivity index (χ1v) is 5.49. The first kappa shape index (κ1) is 12.7. The summed E-state index contributed by atoms with van der Waals surface area (Å²) >= 11 is 0. The van der Waals surface area contributed by atoms with Gasteiger partial charge in [0.1, 0.15) is 0 Å². The third-order valence-electron chi connectivity index (χ3n) is 2.46. The molecule has 0 spiro atoms. The fraction of sp³-hybridized carbons (Fsp3) is 0.462. The number of aryl methyl sites for hydroxylation is 1. The van der Waals surface area contributed by atoms with E-state index in [1.165, 1.54) is 0 Å². The van der Waals surface area contributed by atoms with Crippen molar-refractivity contribution in [3.63, 3.8) is 0 Å². The minimum Gasteiger partial charge on any atom is -0.393 e. The molecule has 0 aliphatic carbocycles. The summed E-state index contributed by atoms with van der Waals surface area (Å²) < 4.78 is 0. The Morgan fingerprint density at radius 2 is 1.88 bits per heavy atom. The Morgan fingerprint density at radius 1 is 1.31 bits per heavy atom. The van der Waals surface area contributed by atoms with E-state index in [0.717, 1.165) is 18.4 Å². The molecule has 1 aromatic rings. The Bertz CT molecular complexity index is 341. The number of aliphatic hydroxyl groups excluding tert-OH is 1. The SMILES string of the molecule is C[C@H](O)CCc1ccc(C(=O)N(C)C)cc1. The van der Waals surface area contributed by atoms with Gasteiger partial charge in [-0.1, -0.05) is 12.1 Å². The lowest BCUT2D eigenvalue weighted by molar-refractivity contribution is 0.0827. The number of nitrogens with zero attached hydrogens (tertiary/aromatic N) is 1. The van der Waals surface area contributed by atoms with E-state index < -0.39 is 0 Å². The molecule has 0 saturated carbocycles. The van der Waals surface area contributed by atoms with Gasteiger partial charge in [-0.25, -0.2) is 0 Å². The van der Waals surface area contributed by atoms with Crippen LogP contribution in [0.5, 0.6) is 0 Å². The average molecular weight is 221 g/mol. The van der Waals surface area contributed by atoms with Crippen LogP contribution in [0.4, 0.5) is 0 Å². The second kappa shape index (κ2) is 5.66. The van der Waals surface area contributed by atoms with Crippen molar-refractivity contribution in [2.24, 2.45) is 0 Å². The van der Waals surface area contributed by atoms with Crippen molar-refractivity contribution in [3.8, 4) is 0 Å². The summed E-state index contributed by atoms with van der Waals surface area (Å²) in [6, 6.07) is 7.55. The normalized spacial score (nSPS) is 12.2. The lowest BCUT2D eigenvalue weighted by Crippen LogP contribution is -2.21. The van der Waals surface area contributed by atoms with Gasteiger partial charge in [0.05, 0.1) is 6.10 Å². The molecule has 3 heteroatoms. The molecule has 1 rings (SSSR count). The van der Waals surface area contributed by atoms with Gasteiger partial charge in [-0.2, -0.15) is 0 Å². The minimum absolute atomic E-state index is 0.0158. The maximum absolute atomic E-state index is 11.6. The van der Waals surface area contributed by atoms with Crippen molar-refractivity contribution in [2.45, 2.75) is 25.9 Å². The van der Waals surface area contributed by atoms with Gasteiger partial charge in [0.25, 0.3) is 5.91 Å². The third-order valence-corrected chi connectivity index (χ3v) is 2.46. The molecule has 0 heterocycles. The highest BCUT2D eigenvalue weighted by molar-refractivity contribution is 5.93. The number of hydrogen-bond donors (Lipinski definition) is 1. The first-order valence-electron chi connectivity index (χ1n) is 5.49. The van der Waals surface area contributed by atoms with Gasteiger partial charge >= 0.3 is 0 Å². The standard InChI is InChI=1S/C13H19NO2/c1-10(15)4-5-11-6-8-12(9-7-11)13(16)14(2)3/h6-10,15H,4-5H2,1-3H3/t10-/m0/s1. The average Bonchev–Trinajstić information content (AvgIpc) is 2.26. The van der Waals surface area contributed by atoms with Crippen LogP contribution in [-0.4, -0.2) is 36.1 Å². The van der Waals surface area contributed by atoms with E-state index in [2.05, 4.69) is 0 Å². The molecule has 1 amide bonds. The van der Waals surface area contributed by atoms with E-state index in [0.29, 0.717) is 5.56 Å². The molecule has 0 aliphatic heterocycles. The third kappa shape index (κ3) is 3.66. The van der Waals surface area contributed by atoms with Gasteiger partial charge in [0.2, 0.25) is 0 Å². The fourth-order valence-electron chi connectivity index (χ4n) is 1.45. The molecule has 3 nitrogen and oxygen atoms in total. The summed E-state index contributed by atoms with van der Waals surface area (Å²) in [5, 5.41) is 9.17. The smallest absolute Gasteiger partial charge is 0.253 e. The minimum atomic E-state index is -0.275. The van der Waals surface area contributed by atoms with Crippen LogP contribution in [0.2, 0.25) is 0 Å². The summed E-state index contributed by atoms with van der Waals surface area (Å²) in [6.07, 6.45) is 1.32. The van der Waals surface area contributed by atoms with E-state index in [4.69, 9.17) is 5.11 Å². The highest BCUT2D eigenvalue weighted by atomic mass is 16.3. The molecule has 0 fully saturated rings. The zero-order valence-electron chi connectivity index (χ0n) is 10.1. The van der Waals surface area contributed by atoms with Crippen LogP contribution in [0, 0.1) is 0 Å². The second-order valence-electron chi connectivity index (χ2n) is 4.28. The number of rotatable bonds is 4. The number of aliphatic hydroxyl groups is 1. The molecule has 0 aliphatic rings. The molecule has 16 heavy (non-hydrogen) atoms. The zero-order chi connectivity index (χ0) is 12.1. The molecule has 88 valence electrons. The number of carbonyl (C=O) groups excluding carboxylic acids is 1. The Hall–Kier alpha value is -1.35. The van der Waals surface area contributed by atoms with Gasteiger partial charge in [0, 0.05) is 19.7 Å². The lowest BCUT2D eigenvalue weighted by atomic mass is 10.1. The maximum atomic E-state index is 11.6. The number of benzene rings is 1. The quantitative estimate of drug-likeness (QED) is 0.840. The number of amides is 1. The molecule has 0 aromatic heterocycles. The van der Waals surface area contributed by atoms with Crippen LogP contribution in [0.1, 0.15) is 29.3 Å². The predicted octanol–water partition coefficient (Wildman–Crippen LogP) is 1.70. The van der Waals surface area contributed by atoms with E-state index in [-0.39, 0.29) is 12.0 Å². The molecule has 0 radical (unpaired) electrons. The summed E-state index contributed by atoms with van der Waals surface area (Å²) in [5.41, 5.74) is 1.85. The van der Waals surface area contributed by atoms with Crippen LogP contribution in [-0.2, 0) is 6.42 Å². The Morgan fingerprint density at radius 3 is 2.31 bits per heavy atom. The molecule has 0 bridgehead atoms. The first-order chi connectivity index (χ1) is 7.50. The van der Waals surface area contributed by atoms with Gasteiger partial charge in [0.15, 0.2) is 0 Å². The van der Waals surface area contributed by atoms with Gasteiger partial charge in [-0.05, 0) is 37.5 Å². The highest BCUT2D eigenvalue weighted by Gasteiger charge is 2.07. The Kier molecular flexibility index (Phi) is 4.50. The highest BCUT2D eigenvalue weighted by Crippen LogP contribution is 2.09. The number of carbonyl (C=O) groups is 1. The lowest BCUT2D eigenvalue weighted by Gasteiger charge is -2.10. The van der Waals surface area contributed by atoms with Crippen LogP contribution < -0.4 is 0 Å². The molecule has 1 N–H and O–H groups in total. The van der Waals surface area contributed by atoms with Gasteiger partial charge in [-0.3, -0.25) is 4.79 Å². The Labute approximate surface area is 96.7 Å². The van der Waals surface area contributed by atoms with E-state index in [1.54, 1.807) is 25.9 Å². The van der Waals surface area contributed by atoms with E-state index in [9.17, 15) is 4.79 Å². The summed E-state index contributed by atoms with van der Waals surface area (Å²) in [7, 11) is 3.48. The van der Waals surface area contributed by atoms with Crippen molar-refractivity contribution in [2.75, 3.05) is 14.1 Å². The molecule has 1 aromatic carbocycles. The van der Waals surface area contributed by atoms with Crippen molar-refractivity contribution in [1.82, 2.24) is 4.90 Å². The molecular formula is C13H19NO2. The van der Waals surface area contributed by atoms with E-state index >= 15 is 0 Å². The molecule has 1 atom stereocenters. The van der Waals surface area contributed by atoms with Crippen molar-refractivity contribution in [3.05, 3.63) is 35.4 Å². The fourth-order valence-corrected chi connectivity index (χ4v) is 1.45. The van der Waals surface area contributed by atoms with Crippen molar-refractivity contribution in [1.29, 1.82) is 0 Å². The molecular weight excluding hydrogens is 202 g/mol. The largest absolute Gasteiger partial charge is 0.393 e. The van der Waals surface area contributed by atoms with Gasteiger partial charge < -0.3 is 10.0 Å². The summed E-state index contributed by atoms with van der Waals surface area (Å²) in [4.78, 5) is 13.2. The monoisotopic (exact) mass is 221 g/mol. The molecule has 0 saturated heterocycles. The van der Waals surface area contributed by atoms with Crippen LogP contribution in [0.25, 0.3) is 0 Å². The zero-order valence-corrected chi connectivity index (χ0v) is 10.1. The Balaban J connectivity index is 2.64. The van der Waals surface area contributed by atoms with Crippen LogP contribution in [0.3, 0.4) is 0 Å². The maximum Gasteiger partial charge on any atom is 0.253 e. The summed E-state index contributed by atoms with van der Waals surface area (Å²) in [5.74, 6) is 0.0158. The number of hydrogen-bond acceptors (Lipinski definition) is 2. The van der Waals surface area contributed by atoms with Crippen LogP contribution >= 0.6 is 0 Å². The van der Waals surface area contributed by atoms with Crippen molar-refractivity contribution < 1.29 is 9.90 Å². The van der Waals surface area contributed by atoms with Crippen molar-refractivity contribution >= 4 is 5.91 Å². The topological polar surface area (TPSA) is 40.5 Å². The van der Waals surface area contributed by atoms with E-state index in [1.807, 2.05) is 24.3 Å². The van der Waals surface area contributed by atoms with Crippen LogP contribution in [0.15, 0.2) is 24.3 Å². The second-order valence-corrected chi connectivity index (χ2v) is 4.28. The van der Waals surface area contributed by atoms with Gasteiger partial charge in [-0.15, -0.1) is 0 Å². The predicted molar refractivity (Wildman–Crippen MR) is 64.5 cm³/mol. The summed E-state index contributed by atoms with van der Waals surface area (Å²) in [6.45, 7) is 1.78.